The van der Waals surface area contributed by atoms with Crippen molar-refractivity contribution in [3.63, 3.8) is 0 Å². The molecule has 3 heteroatoms. The topological polar surface area (TPSA) is 30.0 Å². The molecule has 0 unspecified atom stereocenters. The van der Waals surface area contributed by atoms with Crippen LogP contribution in [0.2, 0.25) is 0 Å². The number of benzene rings is 1. The van der Waals surface area contributed by atoms with Gasteiger partial charge in [0.2, 0.25) is 0 Å². The van der Waals surface area contributed by atoms with Crippen LogP contribution in [0, 0.1) is 0 Å². The van der Waals surface area contributed by atoms with Crippen molar-refractivity contribution in [2.24, 2.45) is 0 Å². The molecule has 0 atom stereocenters. The van der Waals surface area contributed by atoms with Gasteiger partial charge in [-0.3, -0.25) is 4.79 Å². The Hall–Kier alpha value is -1.48. The van der Waals surface area contributed by atoms with E-state index in [4.69, 9.17) is 0 Å². The average Bonchev–Trinajstić information content (AvgIpc) is 2.67. The second-order valence-electron chi connectivity index (χ2n) is 2.50. The van der Waals surface area contributed by atoms with Crippen LogP contribution in [0.4, 0.5) is 0 Å². The monoisotopic (exact) mass is 188 g/mol. The van der Waals surface area contributed by atoms with E-state index in [0.29, 0.717) is 5.01 Å². The second-order valence-corrected chi connectivity index (χ2v) is 3.53. The number of carbonyl (C=O) groups excluding carboxylic acids is 1. The summed E-state index contributed by atoms with van der Waals surface area (Å²) in [4.78, 5) is 15.2. The van der Waals surface area contributed by atoms with E-state index in [-0.39, 0.29) is 0 Å². The van der Waals surface area contributed by atoms with Gasteiger partial charge in [0.15, 0.2) is 5.01 Å². The van der Waals surface area contributed by atoms with Crippen LogP contribution in [0.1, 0.15) is 5.01 Å². The molecule has 0 saturated heterocycles. The maximum atomic E-state index is 10.3. The van der Waals surface area contributed by atoms with Gasteiger partial charge in [-0.05, 0) is 5.56 Å². The summed E-state index contributed by atoms with van der Waals surface area (Å²) in [7, 11) is 0. The Kier molecular flexibility index (Phi) is 2.19. The summed E-state index contributed by atoms with van der Waals surface area (Å²) in [5.74, 6) is 0. The Morgan fingerprint density at radius 3 is 2.62 bits per heavy atom. The van der Waals surface area contributed by atoms with E-state index in [2.05, 4.69) is 4.98 Å². The lowest BCUT2D eigenvalue weighted by molar-refractivity contribution is 0.562. The van der Waals surface area contributed by atoms with Gasteiger partial charge in [-0.2, -0.15) is 0 Å². The first-order chi connectivity index (χ1) is 6.40. The standard InChI is InChI=1S/C10H6NOS/c12-7-10-11-6-9(13-10)8-4-2-1-3-5-8/h1-6H. The summed E-state index contributed by atoms with van der Waals surface area (Å²) >= 11 is 1.35. The third-order valence-electron chi connectivity index (χ3n) is 1.65. The number of rotatable bonds is 2. The Morgan fingerprint density at radius 2 is 2.00 bits per heavy atom. The number of nitrogens with zero attached hydrogens (tertiary/aromatic N) is 1. The highest BCUT2D eigenvalue weighted by molar-refractivity contribution is 7.16. The van der Waals surface area contributed by atoms with E-state index in [1.54, 1.807) is 12.5 Å². The molecule has 0 spiro atoms. The van der Waals surface area contributed by atoms with E-state index < -0.39 is 0 Å². The molecule has 2 aromatic rings. The molecule has 2 rings (SSSR count). The lowest BCUT2D eigenvalue weighted by Gasteiger charge is -1.92. The first-order valence-electron chi connectivity index (χ1n) is 3.79. The quantitative estimate of drug-likeness (QED) is 0.723. The van der Waals surface area contributed by atoms with Gasteiger partial charge in [-0.15, -0.1) is 11.3 Å². The van der Waals surface area contributed by atoms with E-state index in [0.717, 1.165) is 10.4 Å². The SMILES string of the molecule is O=[C]c1ncc(-c2ccccc2)s1. The molecule has 0 saturated carbocycles. The third-order valence-corrected chi connectivity index (χ3v) is 2.59. The molecule has 2 nitrogen and oxygen atoms in total. The molecule has 0 aliphatic rings. The summed E-state index contributed by atoms with van der Waals surface area (Å²) in [6, 6.07) is 9.85. The van der Waals surface area contributed by atoms with Crippen molar-refractivity contribution in [1.82, 2.24) is 4.98 Å². The van der Waals surface area contributed by atoms with Crippen LogP contribution < -0.4 is 0 Å². The summed E-state index contributed by atoms with van der Waals surface area (Å²) in [6.45, 7) is 0. The Labute approximate surface area is 79.9 Å². The Bertz CT molecular complexity index is 408. The van der Waals surface area contributed by atoms with Crippen molar-refractivity contribution in [2.45, 2.75) is 0 Å². The Balaban J connectivity index is 2.41. The molecule has 1 aromatic heterocycles. The van der Waals surface area contributed by atoms with Gasteiger partial charge < -0.3 is 0 Å². The summed E-state index contributed by atoms with van der Waals surface area (Å²) < 4.78 is 0. The summed E-state index contributed by atoms with van der Waals surface area (Å²) in [6.07, 6.45) is 3.47. The zero-order valence-corrected chi connectivity index (χ0v) is 7.54. The van der Waals surface area contributed by atoms with Crippen molar-refractivity contribution >= 4 is 17.6 Å². The molecule has 13 heavy (non-hydrogen) atoms. The van der Waals surface area contributed by atoms with Crippen molar-refractivity contribution in [3.8, 4) is 10.4 Å². The minimum Gasteiger partial charge on any atom is -0.282 e. The molecular formula is C10H6NOS. The molecule has 0 aliphatic carbocycles. The van der Waals surface area contributed by atoms with Crippen LogP contribution in [0.3, 0.4) is 0 Å². The highest BCUT2D eigenvalue weighted by atomic mass is 32.1. The Morgan fingerprint density at radius 1 is 1.23 bits per heavy atom. The van der Waals surface area contributed by atoms with Crippen molar-refractivity contribution in [1.29, 1.82) is 0 Å². The number of thiazole rings is 1. The largest absolute Gasteiger partial charge is 0.282 e. The predicted molar refractivity (Wildman–Crippen MR) is 52.3 cm³/mol. The minimum atomic E-state index is 0.402. The van der Waals surface area contributed by atoms with Crippen LogP contribution in [0.15, 0.2) is 36.5 Å². The molecule has 63 valence electrons. The molecule has 0 aliphatic heterocycles. The zero-order valence-electron chi connectivity index (χ0n) is 6.73. The van der Waals surface area contributed by atoms with E-state index >= 15 is 0 Å². The van der Waals surface area contributed by atoms with Gasteiger partial charge >= 0.3 is 0 Å². The predicted octanol–water partition coefficient (Wildman–Crippen LogP) is 2.27. The first kappa shape index (κ1) is 8.13. The van der Waals surface area contributed by atoms with Crippen LogP contribution in [0.5, 0.6) is 0 Å². The fourth-order valence-electron chi connectivity index (χ4n) is 1.06. The molecule has 1 radical (unpaired) electrons. The average molecular weight is 188 g/mol. The maximum absolute atomic E-state index is 10.3. The van der Waals surface area contributed by atoms with Crippen molar-refractivity contribution in [2.75, 3.05) is 0 Å². The normalized spacial score (nSPS) is 9.85. The van der Waals surface area contributed by atoms with E-state index in [9.17, 15) is 4.79 Å². The van der Waals surface area contributed by atoms with E-state index in [1.165, 1.54) is 11.3 Å². The molecule has 0 fully saturated rings. The van der Waals surface area contributed by atoms with Crippen LogP contribution >= 0.6 is 11.3 Å². The maximum Gasteiger partial charge on any atom is 0.264 e. The van der Waals surface area contributed by atoms with Crippen LogP contribution in [0.25, 0.3) is 10.4 Å². The van der Waals surface area contributed by atoms with Crippen LogP contribution in [-0.2, 0) is 4.79 Å². The van der Waals surface area contributed by atoms with Gasteiger partial charge in [0.05, 0.1) is 4.88 Å². The third kappa shape index (κ3) is 1.65. The van der Waals surface area contributed by atoms with Crippen molar-refractivity contribution < 1.29 is 4.79 Å². The smallest absolute Gasteiger partial charge is 0.264 e. The molecular weight excluding hydrogens is 182 g/mol. The summed E-state index contributed by atoms with van der Waals surface area (Å²) in [5, 5.41) is 0.402. The fraction of sp³-hybridized carbons (Fsp3) is 0. The van der Waals surface area contributed by atoms with Crippen LogP contribution in [-0.4, -0.2) is 11.3 Å². The molecule has 0 N–H and O–H groups in total. The molecule has 0 bridgehead atoms. The highest BCUT2D eigenvalue weighted by Gasteiger charge is 2.02. The minimum absolute atomic E-state index is 0.402. The number of aromatic nitrogens is 1. The van der Waals surface area contributed by atoms with Crippen molar-refractivity contribution in [3.05, 3.63) is 41.5 Å². The molecule has 0 amide bonds. The van der Waals surface area contributed by atoms with E-state index in [1.807, 2.05) is 30.3 Å². The second kappa shape index (κ2) is 3.49. The van der Waals surface area contributed by atoms with Gasteiger partial charge in [0.1, 0.15) is 0 Å². The molecule has 1 aromatic carbocycles. The summed E-state index contributed by atoms with van der Waals surface area (Å²) in [5.41, 5.74) is 1.08. The van der Waals surface area contributed by atoms with Gasteiger partial charge in [0, 0.05) is 6.20 Å². The van der Waals surface area contributed by atoms with Gasteiger partial charge in [-0.1, -0.05) is 30.3 Å². The zero-order chi connectivity index (χ0) is 9.10. The lowest BCUT2D eigenvalue weighted by atomic mass is 10.2. The first-order valence-corrected chi connectivity index (χ1v) is 4.61. The van der Waals surface area contributed by atoms with Gasteiger partial charge in [-0.25, -0.2) is 4.98 Å². The molecule has 1 heterocycles. The lowest BCUT2D eigenvalue weighted by Crippen LogP contribution is -1.70. The number of hydrogen-bond acceptors (Lipinski definition) is 3. The van der Waals surface area contributed by atoms with Gasteiger partial charge in [0.25, 0.3) is 6.29 Å². The number of hydrogen-bond donors (Lipinski definition) is 0. The fourth-order valence-corrected chi connectivity index (χ4v) is 1.77. The highest BCUT2D eigenvalue weighted by Crippen LogP contribution is 2.24.